The summed E-state index contributed by atoms with van der Waals surface area (Å²) in [5.41, 5.74) is 11.2. The van der Waals surface area contributed by atoms with Crippen LogP contribution in [0, 0.1) is 0 Å². The molecule has 0 radical (unpaired) electrons. The Kier molecular flexibility index (Phi) is 6.39. The first-order valence-corrected chi connectivity index (χ1v) is 15.6. The van der Waals surface area contributed by atoms with Crippen LogP contribution in [0.5, 0.6) is 0 Å². The Bertz CT molecular complexity index is 2560. The van der Waals surface area contributed by atoms with Gasteiger partial charge in [-0.2, -0.15) is 0 Å². The second-order valence-electron chi connectivity index (χ2n) is 11.6. The predicted octanol–water partition coefficient (Wildman–Crippen LogP) is 10.2. The van der Waals surface area contributed by atoms with E-state index in [4.69, 9.17) is 4.98 Å². The summed E-state index contributed by atoms with van der Waals surface area (Å²) in [5.74, 6) is 0. The Morgan fingerprint density at radius 3 is 1.96 bits per heavy atom. The molecule has 0 aliphatic carbocycles. The molecule has 0 atom stereocenters. The highest BCUT2D eigenvalue weighted by Crippen LogP contribution is 2.39. The molecule has 220 valence electrons. The van der Waals surface area contributed by atoms with Crippen molar-refractivity contribution in [2.24, 2.45) is 0 Å². The lowest BCUT2D eigenvalue weighted by atomic mass is 9.99. The van der Waals surface area contributed by atoms with E-state index >= 15 is 0 Å². The number of para-hydroxylation sites is 1. The van der Waals surface area contributed by atoms with Crippen molar-refractivity contribution in [2.75, 3.05) is 0 Å². The SMILES string of the molecule is c1ccc(-n2c3cc(-c4cccc(-c5ccccn5)n4)ccc3c3ccc4cc(-c5cncc(-c6ccccn6)c5)ccc4c32)cc1. The van der Waals surface area contributed by atoms with Crippen LogP contribution in [-0.2, 0) is 0 Å². The fourth-order valence-corrected chi connectivity index (χ4v) is 6.54. The number of nitrogens with zero attached hydrogens (tertiary/aromatic N) is 5. The number of aromatic nitrogens is 5. The number of fused-ring (bicyclic) bond motifs is 5. The number of rotatable bonds is 5. The molecule has 0 saturated carbocycles. The minimum Gasteiger partial charge on any atom is -0.309 e. The number of pyridine rings is 4. The molecule has 5 aromatic heterocycles. The van der Waals surface area contributed by atoms with Crippen LogP contribution in [0.25, 0.3) is 83.3 Å². The van der Waals surface area contributed by atoms with Gasteiger partial charge in [-0.1, -0.05) is 72.8 Å². The number of hydrogen-bond acceptors (Lipinski definition) is 4. The Morgan fingerprint density at radius 1 is 0.426 bits per heavy atom. The van der Waals surface area contributed by atoms with Gasteiger partial charge in [-0.15, -0.1) is 0 Å². The fourth-order valence-electron chi connectivity index (χ4n) is 6.54. The standard InChI is InChI=1S/C42H27N5/c1-2-9-33(10-3-1)47-41-25-30(38-13-8-14-40(46-38)39-12-5-7-22-45-39)17-19-35(41)36-20-16-29-23-28(15-18-34(29)42(36)47)31-24-32(27-43-26-31)37-11-4-6-21-44-37/h1-27H. The van der Waals surface area contributed by atoms with Crippen LogP contribution in [-0.4, -0.2) is 24.5 Å². The highest BCUT2D eigenvalue weighted by Gasteiger charge is 2.17. The lowest BCUT2D eigenvalue weighted by molar-refractivity contribution is 1.18. The largest absolute Gasteiger partial charge is 0.309 e. The van der Waals surface area contributed by atoms with Gasteiger partial charge in [0, 0.05) is 63.3 Å². The van der Waals surface area contributed by atoms with E-state index in [9.17, 15) is 0 Å². The van der Waals surface area contributed by atoms with Crippen molar-refractivity contribution in [3.63, 3.8) is 0 Å². The summed E-state index contributed by atoms with van der Waals surface area (Å²) < 4.78 is 2.39. The maximum absolute atomic E-state index is 5.01. The zero-order valence-corrected chi connectivity index (χ0v) is 25.3. The van der Waals surface area contributed by atoms with Gasteiger partial charge in [0.25, 0.3) is 0 Å². The molecule has 5 heteroatoms. The van der Waals surface area contributed by atoms with Crippen molar-refractivity contribution >= 4 is 32.6 Å². The molecule has 4 aromatic carbocycles. The molecular formula is C42H27N5. The van der Waals surface area contributed by atoms with Gasteiger partial charge in [0.2, 0.25) is 0 Å². The third kappa shape index (κ3) is 4.73. The quantitative estimate of drug-likeness (QED) is 0.197. The molecule has 0 aliphatic rings. The molecule has 0 saturated heterocycles. The van der Waals surface area contributed by atoms with Crippen LogP contribution < -0.4 is 0 Å². The van der Waals surface area contributed by atoms with E-state index in [1.54, 1.807) is 6.20 Å². The lowest BCUT2D eigenvalue weighted by Gasteiger charge is -2.11. The third-order valence-corrected chi connectivity index (χ3v) is 8.76. The third-order valence-electron chi connectivity index (χ3n) is 8.76. The topological polar surface area (TPSA) is 56.5 Å². The first-order chi connectivity index (χ1) is 23.3. The van der Waals surface area contributed by atoms with E-state index in [0.29, 0.717) is 0 Å². The van der Waals surface area contributed by atoms with E-state index in [1.165, 1.54) is 27.1 Å². The Balaban J connectivity index is 1.23. The normalized spacial score (nSPS) is 11.4. The smallest absolute Gasteiger partial charge is 0.0893 e. The summed E-state index contributed by atoms with van der Waals surface area (Å²) in [6.07, 6.45) is 7.41. The van der Waals surface area contributed by atoms with Crippen LogP contribution in [0.1, 0.15) is 0 Å². The molecule has 9 rings (SSSR count). The molecule has 0 aliphatic heterocycles. The van der Waals surface area contributed by atoms with Gasteiger partial charge in [0.15, 0.2) is 0 Å². The first kappa shape index (κ1) is 26.9. The minimum absolute atomic E-state index is 0.856. The van der Waals surface area contributed by atoms with Crippen molar-refractivity contribution in [1.29, 1.82) is 0 Å². The van der Waals surface area contributed by atoms with Gasteiger partial charge in [0.05, 0.1) is 33.8 Å². The first-order valence-electron chi connectivity index (χ1n) is 15.6. The molecule has 9 aromatic rings. The Morgan fingerprint density at radius 2 is 1.13 bits per heavy atom. The average Bonchev–Trinajstić information content (AvgIpc) is 3.50. The van der Waals surface area contributed by atoms with Gasteiger partial charge in [0.1, 0.15) is 0 Å². The maximum Gasteiger partial charge on any atom is 0.0893 e. The molecule has 0 bridgehead atoms. The molecule has 0 fully saturated rings. The van der Waals surface area contributed by atoms with E-state index < -0.39 is 0 Å². The van der Waals surface area contributed by atoms with Crippen molar-refractivity contribution < 1.29 is 0 Å². The molecule has 5 heterocycles. The summed E-state index contributed by atoms with van der Waals surface area (Å²) in [6.45, 7) is 0. The average molecular weight is 602 g/mol. The Hall–Kier alpha value is -6.46. The van der Waals surface area contributed by atoms with Crippen LogP contribution in [0.15, 0.2) is 164 Å². The van der Waals surface area contributed by atoms with Gasteiger partial charge in [-0.25, -0.2) is 4.98 Å². The monoisotopic (exact) mass is 601 g/mol. The molecule has 0 N–H and O–H groups in total. The van der Waals surface area contributed by atoms with Gasteiger partial charge in [-0.3, -0.25) is 15.0 Å². The van der Waals surface area contributed by atoms with E-state index in [1.807, 2.05) is 61.1 Å². The molecule has 47 heavy (non-hydrogen) atoms. The lowest BCUT2D eigenvalue weighted by Crippen LogP contribution is -1.95. The van der Waals surface area contributed by atoms with E-state index in [0.717, 1.165) is 56.2 Å². The van der Waals surface area contributed by atoms with Crippen LogP contribution in [0.4, 0.5) is 0 Å². The van der Waals surface area contributed by atoms with Crippen molar-refractivity contribution in [2.45, 2.75) is 0 Å². The summed E-state index contributed by atoms with van der Waals surface area (Å²) in [7, 11) is 0. The second kappa shape index (κ2) is 11.2. The van der Waals surface area contributed by atoms with Gasteiger partial charge >= 0.3 is 0 Å². The fraction of sp³-hybridized carbons (Fsp3) is 0. The Labute approximate surface area is 271 Å². The molecule has 0 amide bonds. The van der Waals surface area contributed by atoms with Gasteiger partial charge < -0.3 is 4.57 Å². The highest BCUT2D eigenvalue weighted by molar-refractivity contribution is 6.19. The van der Waals surface area contributed by atoms with E-state index in [-0.39, 0.29) is 0 Å². The molecular weight excluding hydrogens is 574 g/mol. The minimum atomic E-state index is 0.856. The molecule has 0 unspecified atom stereocenters. The van der Waals surface area contributed by atoms with Crippen LogP contribution in [0.2, 0.25) is 0 Å². The summed E-state index contributed by atoms with van der Waals surface area (Å²) in [5, 5.41) is 4.77. The van der Waals surface area contributed by atoms with Crippen molar-refractivity contribution in [3.8, 4) is 50.7 Å². The zero-order chi connectivity index (χ0) is 31.2. The number of hydrogen-bond donors (Lipinski definition) is 0. The highest BCUT2D eigenvalue weighted by atomic mass is 15.0. The van der Waals surface area contributed by atoms with Crippen LogP contribution >= 0.6 is 0 Å². The number of benzene rings is 4. The predicted molar refractivity (Wildman–Crippen MR) is 191 cm³/mol. The second-order valence-corrected chi connectivity index (χ2v) is 11.6. The zero-order valence-electron chi connectivity index (χ0n) is 25.3. The summed E-state index contributed by atoms with van der Waals surface area (Å²) in [6, 6.07) is 48.6. The summed E-state index contributed by atoms with van der Waals surface area (Å²) in [4.78, 5) is 18.6. The van der Waals surface area contributed by atoms with Crippen LogP contribution in [0.3, 0.4) is 0 Å². The molecule has 5 nitrogen and oxygen atoms in total. The van der Waals surface area contributed by atoms with Crippen molar-refractivity contribution in [3.05, 3.63) is 164 Å². The van der Waals surface area contributed by atoms with Crippen molar-refractivity contribution in [1.82, 2.24) is 24.5 Å². The summed E-state index contributed by atoms with van der Waals surface area (Å²) >= 11 is 0. The maximum atomic E-state index is 5.01. The van der Waals surface area contributed by atoms with Gasteiger partial charge in [-0.05, 0) is 77.7 Å². The van der Waals surface area contributed by atoms with E-state index in [2.05, 4.69) is 117 Å². The molecule has 0 spiro atoms.